The van der Waals surface area contributed by atoms with Crippen molar-refractivity contribution < 1.29 is 0 Å². The van der Waals surface area contributed by atoms with Crippen LogP contribution in [-0.2, 0) is 0 Å². The van der Waals surface area contributed by atoms with Gasteiger partial charge in [-0.15, -0.1) is 16.4 Å². The third-order valence-electron chi connectivity index (χ3n) is 4.17. The number of hydrogen-bond donors (Lipinski definition) is 0. The largest absolute Gasteiger partial charge is 0.354 e. The Kier molecular flexibility index (Phi) is 3.01. The highest BCUT2D eigenvalue weighted by Gasteiger charge is 2.21. The lowest BCUT2D eigenvalue weighted by molar-refractivity contribution is 0.907. The molecule has 0 aliphatic carbocycles. The van der Waals surface area contributed by atoms with Crippen molar-refractivity contribution >= 4 is 49.1 Å². The molecule has 6 heteroatoms. The molecular weight excluding hydrogens is 304 g/mol. The van der Waals surface area contributed by atoms with Crippen molar-refractivity contribution in [3.8, 4) is 0 Å². The van der Waals surface area contributed by atoms with E-state index >= 15 is 0 Å². The van der Waals surface area contributed by atoms with Gasteiger partial charge in [0.25, 0.3) is 0 Å². The molecule has 0 spiro atoms. The Morgan fingerprint density at radius 3 is 2.76 bits per heavy atom. The third kappa shape index (κ3) is 1.91. The van der Waals surface area contributed by atoms with E-state index in [1.807, 2.05) is 13.1 Å². The quantitative estimate of drug-likeness (QED) is 0.677. The van der Waals surface area contributed by atoms with Crippen LogP contribution in [0.25, 0.3) is 20.3 Å². The number of hydrogen-bond acceptors (Lipinski definition) is 5. The number of halogens is 1. The van der Waals surface area contributed by atoms with Crippen LogP contribution in [0, 0.1) is 13.8 Å². The first-order chi connectivity index (χ1) is 10.2. The van der Waals surface area contributed by atoms with Gasteiger partial charge in [-0.1, -0.05) is 11.6 Å². The number of thiophene rings is 1. The van der Waals surface area contributed by atoms with E-state index in [1.54, 1.807) is 11.3 Å². The molecule has 0 radical (unpaired) electrons. The summed E-state index contributed by atoms with van der Waals surface area (Å²) in [5.41, 5.74) is 1.97. The second-order valence-corrected chi connectivity index (χ2v) is 6.90. The highest BCUT2D eigenvalue weighted by Crippen LogP contribution is 2.41. The maximum absolute atomic E-state index is 6.38. The zero-order chi connectivity index (χ0) is 14.6. The molecule has 4 rings (SSSR count). The molecule has 0 amide bonds. The summed E-state index contributed by atoms with van der Waals surface area (Å²) in [5.74, 6) is 1.00. The van der Waals surface area contributed by atoms with Crippen molar-refractivity contribution in [3.05, 3.63) is 22.5 Å². The van der Waals surface area contributed by atoms with Crippen LogP contribution in [0.4, 0.5) is 5.82 Å². The van der Waals surface area contributed by atoms with Gasteiger partial charge in [0.05, 0.1) is 21.6 Å². The summed E-state index contributed by atoms with van der Waals surface area (Å²) in [5, 5.41) is 11.6. The average Bonchev–Trinajstić information content (AvgIpc) is 3.11. The number of anilines is 1. The number of rotatable bonds is 1. The van der Waals surface area contributed by atoms with Gasteiger partial charge in [-0.25, -0.2) is 4.98 Å². The minimum Gasteiger partial charge on any atom is -0.354 e. The van der Waals surface area contributed by atoms with Crippen LogP contribution in [0.5, 0.6) is 0 Å². The predicted octanol–water partition coefficient (Wildman–Crippen LogP) is 4.11. The van der Waals surface area contributed by atoms with Gasteiger partial charge in [-0.05, 0) is 32.3 Å². The number of pyridine rings is 1. The lowest BCUT2D eigenvalue weighted by Gasteiger charge is -2.15. The SMILES string of the molecule is Cc1nc2sc3c(N4CCCC4)nncc3c2c(C)c1Cl. The second kappa shape index (κ2) is 4.78. The van der Waals surface area contributed by atoms with E-state index in [0.29, 0.717) is 0 Å². The summed E-state index contributed by atoms with van der Waals surface area (Å²) in [6, 6.07) is 0. The monoisotopic (exact) mass is 318 g/mol. The van der Waals surface area contributed by atoms with Crippen LogP contribution < -0.4 is 4.90 Å². The average molecular weight is 319 g/mol. The zero-order valence-electron chi connectivity index (χ0n) is 12.0. The zero-order valence-corrected chi connectivity index (χ0v) is 13.6. The summed E-state index contributed by atoms with van der Waals surface area (Å²) in [6.07, 6.45) is 4.30. The van der Waals surface area contributed by atoms with Crippen molar-refractivity contribution in [2.75, 3.05) is 18.0 Å². The van der Waals surface area contributed by atoms with E-state index in [9.17, 15) is 0 Å². The molecule has 1 aliphatic heterocycles. The minimum absolute atomic E-state index is 0.752. The fraction of sp³-hybridized carbons (Fsp3) is 0.400. The van der Waals surface area contributed by atoms with E-state index in [4.69, 9.17) is 11.6 Å². The fourth-order valence-corrected chi connectivity index (χ4v) is 4.47. The van der Waals surface area contributed by atoms with Crippen LogP contribution >= 0.6 is 22.9 Å². The molecule has 4 heterocycles. The molecule has 108 valence electrons. The summed E-state index contributed by atoms with van der Waals surface area (Å²) in [7, 11) is 0. The maximum Gasteiger partial charge on any atom is 0.169 e. The number of aromatic nitrogens is 3. The van der Waals surface area contributed by atoms with E-state index in [2.05, 4.69) is 27.0 Å². The lowest BCUT2D eigenvalue weighted by atomic mass is 10.1. The normalized spacial score (nSPS) is 15.5. The molecule has 1 fully saturated rings. The Morgan fingerprint density at radius 2 is 2.00 bits per heavy atom. The first-order valence-corrected chi connectivity index (χ1v) is 8.32. The molecular formula is C15H15ClN4S. The molecule has 4 nitrogen and oxygen atoms in total. The Morgan fingerprint density at radius 1 is 1.24 bits per heavy atom. The molecule has 21 heavy (non-hydrogen) atoms. The van der Waals surface area contributed by atoms with Gasteiger partial charge < -0.3 is 4.90 Å². The van der Waals surface area contributed by atoms with Crippen LogP contribution in [-0.4, -0.2) is 28.3 Å². The van der Waals surface area contributed by atoms with Gasteiger partial charge in [0, 0.05) is 23.9 Å². The number of fused-ring (bicyclic) bond motifs is 3. The predicted molar refractivity (Wildman–Crippen MR) is 88.6 cm³/mol. The molecule has 0 unspecified atom stereocenters. The third-order valence-corrected chi connectivity index (χ3v) is 5.82. The Hall–Kier alpha value is -1.46. The van der Waals surface area contributed by atoms with Crippen LogP contribution in [0.15, 0.2) is 6.20 Å². The first kappa shape index (κ1) is 13.2. The van der Waals surface area contributed by atoms with Crippen LogP contribution in [0.2, 0.25) is 5.02 Å². The molecule has 3 aromatic heterocycles. The molecule has 1 aliphatic rings. The number of nitrogens with zero attached hydrogens (tertiary/aromatic N) is 4. The summed E-state index contributed by atoms with van der Waals surface area (Å²) in [4.78, 5) is 8.01. The van der Waals surface area contributed by atoms with Crippen LogP contribution in [0.3, 0.4) is 0 Å². The first-order valence-electron chi connectivity index (χ1n) is 7.12. The van der Waals surface area contributed by atoms with Crippen molar-refractivity contribution in [1.29, 1.82) is 0 Å². The number of aryl methyl sites for hydroxylation is 2. The van der Waals surface area contributed by atoms with E-state index in [0.717, 1.165) is 50.8 Å². The summed E-state index contributed by atoms with van der Waals surface area (Å²) < 4.78 is 1.18. The van der Waals surface area contributed by atoms with Crippen molar-refractivity contribution in [1.82, 2.24) is 15.2 Å². The maximum atomic E-state index is 6.38. The Balaban J connectivity index is 2.07. The van der Waals surface area contributed by atoms with Crippen molar-refractivity contribution in [3.63, 3.8) is 0 Å². The summed E-state index contributed by atoms with van der Waals surface area (Å²) in [6.45, 7) is 6.14. The summed E-state index contributed by atoms with van der Waals surface area (Å²) >= 11 is 8.07. The minimum atomic E-state index is 0.752. The van der Waals surface area contributed by atoms with Gasteiger partial charge in [0.1, 0.15) is 4.83 Å². The lowest BCUT2D eigenvalue weighted by Crippen LogP contribution is -2.19. The van der Waals surface area contributed by atoms with Crippen LogP contribution in [0.1, 0.15) is 24.1 Å². The smallest absolute Gasteiger partial charge is 0.169 e. The molecule has 0 atom stereocenters. The van der Waals surface area contributed by atoms with Gasteiger partial charge in [0.2, 0.25) is 0 Å². The van der Waals surface area contributed by atoms with Gasteiger partial charge in [-0.3, -0.25) is 0 Å². The Labute approximate surface area is 131 Å². The van der Waals surface area contributed by atoms with Gasteiger partial charge in [0.15, 0.2) is 5.82 Å². The van der Waals surface area contributed by atoms with E-state index in [1.165, 1.54) is 17.5 Å². The molecule has 0 aromatic carbocycles. The molecule has 3 aromatic rings. The molecule has 0 N–H and O–H groups in total. The fourth-order valence-electron chi connectivity index (χ4n) is 3.07. The van der Waals surface area contributed by atoms with Gasteiger partial charge in [-0.2, -0.15) is 5.10 Å². The molecule has 0 saturated carbocycles. The second-order valence-electron chi connectivity index (χ2n) is 5.52. The van der Waals surface area contributed by atoms with E-state index in [-0.39, 0.29) is 0 Å². The molecule has 1 saturated heterocycles. The van der Waals surface area contributed by atoms with Crippen molar-refractivity contribution in [2.45, 2.75) is 26.7 Å². The topological polar surface area (TPSA) is 41.9 Å². The van der Waals surface area contributed by atoms with E-state index < -0.39 is 0 Å². The Bertz CT molecular complexity index is 852. The van der Waals surface area contributed by atoms with Crippen molar-refractivity contribution in [2.24, 2.45) is 0 Å². The molecule has 0 bridgehead atoms. The highest BCUT2D eigenvalue weighted by atomic mass is 35.5. The highest BCUT2D eigenvalue weighted by molar-refractivity contribution is 7.26. The van der Waals surface area contributed by atoms with Gasteiger partial charge >= 0.3 is 0 Å². The standard InChI is InChI=1S/C15H15ClN4S/c1-8-11-10-7-17-19-14(20-5-3-4-6-20)13(10)21-15(11)18-9(2)12(8)16/h7H,3-6H2,1-2H3.